The van der Waals surface area contributed by atoms with E-state index < -0.39 is 0 Å². The van der Waals surface area contributed by atoms with Crippen molar-refractivity contribution < 1.29 is 4.74 Å². The molecule has 2 aliphatic rings. The Morgan fingerprint density at radius 3 is 2.60 bits per heavy atom. The number of methoxy groups -OCH3 is 1. The first kappa shape index (κ1) is 16.3. The average Bonchev–Trinajstić information content (AvgIpc) is 2.38. The Morgan fingerprint density at radius 2 is 1.95 bits per heavy atom. The lowest BCUT2D eigenvalue weighted by Crippen LogP contribution is -2.55. The second-order valence-electron chi connectivity index (χ2n) is 8.07. The number of hydrogen-bond acceptors (Lipinski definition) is 3. The summed E-state index contributed by atoms with van der Waals surface area (Å²) in [5.74, 6) is 1.52. The van der Waals surface area contributed by atoms with Gasteiger partial charge in [-0.05, 0) is 55.9 Å². The molecular formula is C17H34N2O. The third-order valence-electron chi connectivity index (χ3n) is 5.52. The molecule has 2 fully saturated rings. The molecule has 0 aromatic heterocycles. The van der Waals surface area contributed by atoms with Crippen LogP contribution >= 0.6 is 0 Å². The van der Waals surface area contributed by atoms with Crippen LogP contribution in [0.4, 0.5) is 0 Å². The van der Waals surface area contributed by atoms with Crippen LogP contribution in [0.2, 0.25) is 0 Å². The summed E-state index contributed by atoms with van der Waals surface area (Å²) in [7, 11) is 1.82. The molecular weight excluding hydrogens is 248 g/mol. The van der Waals surface area contributed by atoms with Crippen molar-refractivity contribution in [3.05, 3.63) is 0 Å². The molecule has 1 saturated heterocycles. The molecule has 0 aromatic rings. The van der Waals surface area contributed by atoms with Crippen molar-refractivity contribution in [3.8, 4) is 0 Å². The van der Waals surface area contributed by atoms with Crippen LogP contribution in [0.25, 0.3) is 0 Å². The molecule has 1 saturated carbocycles. The highest BCUT2D eigenvalue weighted by molar-refractivity contribution is 4.94. The van der Waals surface area contributed by atoms with E-state index in [0.29, 0.717) is 23.4 Å². The minimum Gasteiger partial charge on any atom is -0.384 e. The van der Waals surface area contributed by atoms with Crippen molar-refractivity contribution in [2.45, 2.75) is 65.0 Å². The van der Waals surface area contributed by atoms with E-state index in [-0.39, 0.29) is 0 Å². The first-order chi connectivity index (χ1) is 9.41. The number of hydrogen-bond donors (Lipinski definition) is 1. The lowest BCUT2D eigenvalue weighted by molar-refractivity contribution is 0.0242. The van der Waals surface area contributed by atoms with Crippen LogP contribution in [0.1, 0.15) is 52.9 Å². The number of nitrogens with zero attached hydrogens (tertiary/aromatic N) is 1. The van der Waals surface area contributed by atoms with Gasteiger partial charge in [0.2, 0.25) is 0 Å². The fourth-order valence-electron chi connectivity index (χ4n) is 4.15. The van der Waals surface area contributed by atoms with E-state index in [1.165, 1.54) is 45.2 Å². The third kappa shape index (κ3) is 3.96. The van der Waals surface area contributed by atoms with Crippen LogP contribution < -0.4 is 5.73 Å². The van der Waals surface area contributed by atoms with Crippen LogP contribution in [0, 0.1) is 17.3 Å². The lowest BCUT2D eigenvalue weighted by atomic mass is 9.69. The molecule has 0 bridgehead atoms. The first-order valence-corrected chi connectivity index (χ1v) is 8.40. The predicted molar refractivity (Wildman–Crippen MR) is 84.7 cm³/mol. The molecule has 3 heteroatoms. The Kier molecular flexibility index (Phi) is 5.49. The number of likely N-dealkylation sites (tertiary alicyclic amines) is 1. The molecule has 1 aliphatic heterocycles. The lowest BCUT2D eigenvalue weighted by Gasteiger charge is -2.47. The van der Waals surface area contributed by atoms with Gasteiger partial charge in [0.1, 0.15) is 0 Å². The summed E-state index contributed by atoms with van der Waals surface area (Å²) in [6, 6.07) is 0.961. The normalized spacial score (nSPS) is 37.0. The quantitative estimate of drug-likeness (QED) is 0.865. The third-order valence-corrected chi connectivity index (χ3v) is 5.52. The first-order valence-electron chi connectivity index (χ1n) is 8.40. The zero-order valence-electron chi connectivity index (χ0n) is 13.9. The number of nitrogens with two attached hydrogens (primary N) is 1. The molecule has 2 N–H and O–H groups in total. The molecule has 2 rings (SSSR count). The molecule has 0 amide bonds. The van der Waals surface area contributed by atoms with E-state index in [1.807, 2.05) is 7.11 Å². The van der Waals surface area contributed by atoms with Crippen LogP contribution in [-0.4, -0.2) is 43.8 Å². The van der Waals surface area contributed by atoms with Gasteiger partial charge in [-0.15, -0.1) is 0 Å². The van der Waals surface area contributed by atoms with Gasteiger partial charge in [-0.1, -0.05) is 20.8 Å². The van der Waals surface area contributed by atoms with E-state index in [0.717, 1.165) is 12.5 Å². The SMILES string of the molecule is COCC1CCCN(C2CC(C(C)(C)C)CCC2N)C1. The molecule has 1 heterocycles. The Bertz CT molecular complexity index is 298. The van der Waals surface area contributed by atoms with Crippen molar-refractivity contribution in [1.29, 1.82) is 0 Å². The van der Waals surface area contributed by atoms with E-state index in [1.54, 1.807) is 0 Å². The summed E-state index contributed by atoms with van der Waals surface area (Å²) in [5, 5.41) is 0. The molecule has 118 valence electrons. The molecule has 0 aromatic carbocycles. The fourth-order valence-corrected chi connectivity index (χ4v) is 4.15. The Hall–Kier alpha value is -0.120. The number of piperidine rings is 1. The van der Waals surface area contributed by atoms with Gasteiger partial charge in [-0.2, -0.15) is 0 Å². The maximum atomic E-state index is 6.46. The molecule has 1 aliphatic carbocycles. The Labute approximate surface area is 125 Å². The van der Waals surface area contributed by atoms with Gasteiger partial charge in [0.25, 0.3) is 0 Å². The summed E-state index contributed by atoms with van der Waals surface area (Å²) >= 11 is 0. The summed E-state index contributed by atoms with van der Waals surface area (Å²) in [6.07, 6.45) is 6.39. The molecule has 4 atom stereocenters. The second kappa shape index (κ2) is 6.76. The number of rotatable bonds is 3. The summed E-state index contributed by atoms with van der Waals surface area (Å²) in [4.78, 5) is 2.68. The standard InChI is InChI=1S/C17H34N2O/c1-17(2,3)14-7-8-15(18)16(10-14)19-9-5-6-13(11-19)12-20-4/h13-16H,5-12,18H2,1-4H3. The fraction of sp³-hybridized carbons (Fsp3) is 1.00. The molecule has 20 heavy (non-hydrogen) atoms. The van der Waals surface area contributed by atoms with Gasteiger partial charge in [0.05, 0.1) is 6.61 Å². The van der Waals surface area contributed by atoms with Gasteiger partial charge < -0.3 is 10.5 Å². The van der Waals surface area contributed by atoms with E-state index in [9.17, 15) is 0 Å². The van der Waals surface area contributed by atoms with Gasteiger partial charge >= 0.3 is 0 Å². The monoisotopic (exact) mass is 282 g/mol. The minimum atomic E-state index is 0.370. The van der Waals surface area contributed by atoms with Gasteiger partial charge in [0.15, 0.2) is 0 Å². The van der Waals surface area contributed by atoms with E-state index >= 15 is 0 Å². The Balaban J connectivity index is 1.98. The van der Waals surface area contributed by atoms with Crippen molar-refractivity contribution in [2.24, 2.45) is 23.0 Å². The van der Waals surface area contributed by atoms with Gasteiger partial charge in [0, 0.05) is 25.7 Å². The van der Waals surface area contributed by atoms with Crippen LogP contribution in [0.15, 0.2) is 0 Å². The smallest absolute Gasteiger partial charge is 0.0502 e. The minimum absolute atomic E-state index is 0.370. The maximum absolute atomic E-state index is 6.46. The van der Waals surface area contributed by atoms with E-state index in [2.05, 4.69) is 25.7 Å². The van der Waals surface area contributed by atoms with Gasteiger partial charge in [-0.25, -0.2) is 0 Å². The molecule has 4 unspecified atom stereocenters. The maximum Gasteiger partial charge on any atom is 0.0502 e. The second-order valence-corrected chi connectivity index (χ2v) is 8.07. The largest absolute Gasteiger partial charge is 0.384 e. The van der Waals surface area contributed by atoms with Crippen LogP contribution in [-0.2, 0) is 4.74 Å². The van der Waals surface area contributed by atoms with Crippen molar-refractivity contribution in [1.82, 2.24) is 4.90 Å². The topological polar surface area (TPSA) is 38.5 Å². The average molecular weight is 282 g/mol. The summed E-state index contributed by atoms with van der Waals surface area (Å²) in [5.41, 5.74) is 6.88. The highest BCUT2D eigenvalue weighted by atomic mass is 16.5. The number of ether oxygens (including phenoxy) is 1. The summed E-state index contributed by atoms with van der Waals surface area (Å²) < 4.78 is 5.36. The van der Waals surface area contributed by atoms with Crippen LogP contribution in [0.5, 0.6) is 0 Å². The van der Waals surface area contributed by atoms with Crippen LogP contribution in [0.3, 0.4) is 0 Å². The van der Waals surface area contributed by atoms with Crippen molar-refractivity contribution in [2.75, 3.05) is 26.8 Å². The highest BCUT2D eigenvalue weighted by Gasteiger charge is 2.38. The molecule has 0 spiro atoms. The highest BCUT2D eigenvalue weighted by Crippen LogP contribution is 2.39. The predicted octanol–water partition coefficient (Wildman–Crippen LogP) is 2.89. The van der Waals surface area contributed by atoms with E-state index in [4.69, 9.17) is 10.5 Å². The summed E-state index contributed by atoms with van der Waals surface area (Å²) in [6.45, 7) is 10.5. The zero-order chi connectivity index (χ0) is 14.8. The van der Waals surface area contributed by atoms with Crippen molar-refractivity contribution >= 4 is 0 Å². The zero-order valence-corrected chi connectivity index (χ0v) is 13.9. The Morgan fingerprint density at radius 1 is 1.20 bits per heavy atom. The van der Waals surface area contributed by atoms with Crippen molar-refractivity contribution in [3.63, 3.8) is 0 Å². The molecule has 0 radical (unpaired) electrons. The van der Waals surface area contributed by atoms with Gasteiger partial charge in [-0.3, -0.25) is 4.90 Å². The molecule has 3 nitrogen and oxygen atoms in total.